The van der Waals surface area contributed by atoms with Crippen LogP contribution in [0.2, 0.25) is 0 Å². The predicted octanol–water partition coefficient (Wildman–Crippen LogP) is 3.64. The summed E-state index contributed by atoms with van der Waals surface area (Å²) in [6.45, 7) is 2.16. The van der Waals surface area contributed by atoms with Gasteiger partial charge in [0.05, 0.1) is 5.71 Å². The molecule has 0 spiro atoms. The van der Waals surface area contributed by atoms with E-state index in [4.69, 9.17) is 5.21 Å². The molecule has 1 rings (SSSR count). The van der Waals surface area contributed by atoms with Crippen LogP contribution in [0.1, 0.15) is 51.0 Å². The van der Waals surface area contributed by atoms with E-state index >= 15 is 0 Å². The predicted molar refractivity (Wildman–Crippen MR) is 71.5 cm³/mol. The first kappa shape index (κ1) is 14.4. The maximum atomic E-state index is 9.68. The molecule has 0 heterocycles. The van der Waals surface area contributed by atoms with Crippen molar-refractivity contribution in [3.8, 4) is 11.5 Å². The minimum Gasteiger partial charge on any atom is -0.508 e. The van der Waals surface area contributed by atoms with Crippen molar-refractivity contribution in [2.45, 2.75) is 45.4 Å². The number of hydrogen-bond acceptors (Lipinski definition) is 4. The Bertz CT molecular complexity index is 402. The Morgan fingerprint density at radius 2 is 1.83 bits per heavy atom. The summed E-state index contributed by atoms with van der Waals surface area (Å²) in [6, 6.07) is 4.28. The number of oxime groups is 1. The number of unbranched alkanes of at least 4 members (excludes halogenated alkanes) is 4. The highest BCUT2D eigenvalue weighted by molar-refractivity contribution is 6.02. The van der Waals surface area contributed by atoms with Crippen LogP contribution in [0.3, 0.4) is 0 Å². The lowest BCUT2D eigenvalue weighted by Gasteiger charge is -2.07. The second-order valence-electron chi connectivity index (χ2n) is 4.41. The third-order valence-electron chi connectivity index (χ3n) is 2.93. The molecule has 0 amide bonds. The second-order valence-corrected chi connectivity index (χ2v) is 4.41. The van der Waals surface area contributed by atoms with E-state index in [-0.39, 0.29) is 11.5 Å². The van der Waals surface area contributed by atoms with Gasteiger partial charge in [-0.15, -0.1) is 0 Å². The van der Waals surface area contributed by atoms with Gasteiger partial charge < -0.3 is 15.4 Å². The van der Waals surface area contributed by atoms with Crippen LogP contribution in [0.4, 0.5) is 0 Å². The second kappa shape index (κ2) is 7.58. The summed E-state index contributed by atoms with van der Waals surface area (Å²) in [7, 11) is 0. The minimum absolute atomic E-state index is 0.00325. The summed E-state index contributed by atoms with van der Waals surface area (Å²) in [5, 5.41) is 31.1. The number of nitrogens with zero attached hydrogens (tertiary/aromatic N) is 1. The lowest BCUT2D eigenvalue weighted by molar-refractivity contribution is 0.317. The summed E-state index contributed by atoms with van der Waals surface area (Å²) >= 11 is 0. The van der Waals surface area contributed by atoms with E-state index < -0.39 is 0 Å². The fourth-order valence-corrected chi connectivity index (χ4v) is 1.90. The van der Waals surface area contributed by atoms with Gasteiger partial charge in [0.1, 0.15) is 11.5 Å². The molecule has 1 aromatic carbocycles. The molecule has 0 aromatic heterocycles. The summed E-state index contributed by atoms with van der Waals surface area (Å²) in [4.78, 5) is 0. The molecule has 18 heavy (non-hydrogen) atoms. The van der Waals surface area contributed by atoms with Crippen molar-refractivity contribution >= 4 is 5.71 Å². The van der Waals surface area contributed by atoms with E-state index in [1.807, 2.05) is 0 Å². The molecule has 0 fully saturated rings. The Kier molecular flexibility index (Phi) is 6.05. The van der Waals surface area contributed by atoms with E-state index in [2.05, 4.69) is 12.1 Å². The van der Waals surface area contributed by atoms with Gasteiger partial charge >= 0.3 is 0 Å². The fraction of sp³-hybridized carbons (Fsp3) is 0.500. The highest BCUT2D eigenvalue weighted by atomic mass is 16.4. The molecule has 0 saturated heterocycles. The number of hydrogen-bond donors (Lipinski definition) is 3. The molecule has 0 unspecified atom stereocenters. The van der Waals surface area contributed by atoms with Crippen molar-refractivity contribution < 1.29 is 15.4 Å². The van der Waals surface area contributed by atoms with Crippen LogP contribution in [-0.4, -0.2) is 21.1 Å². The molecule has 1 aromatic rings. The molecule has 4 nitrogen and oxygen atoms in total. The van der Waals surface area contributed by atoms with Crippen LogP contribution < -0.4 is 0 Å². The molecule has 0 radical (unpaired) electrons. The molecule has 0 aliphatic heterocycles. The van der Waals surface area contributed by atoms with E-state index in [1.54, 1.807) is 6.07 Å². The summed E-state index contributed by atoms with van der Waals surface area (Å²) in [5.41, 5.74) is 0.940. The van der Waals surface area contributed by atoms with Crippen molar-refractivity contribution in [1.29, 1.82) is 0 Å². The molecular formula is C14H21NO3. The number of benzene rings is 1. The molecule has 0 aliphatic rings. The van der Waals surface area contributed by atoms with E-state index in [0.29, 0.717) is 17.7 Å². The average Bonchev–Trinajstić information content (AvgIpc) is 2.35. The van der Waals surface area contributed by atoms with Gasteiger partial charge in [-0.1, -0.05) is 37.8 Å². The zero-order valence-corrected chi connectivity index (χ0v) is 10.8. The number of phenols is 2. The zero-order valence-electron chi connectivity index (χ0n) is 10.8. The van der Waals surface area contributed by atoms with Crippen LogP contribution >= 0.6 is 0 Å². The third-order valence-corrected chi connectivity index (χ3v) is 2.93. The first-order chi connectivity index (χ1) is 8.69. The van der Waals surface area contributed by atoms with Gasteiger partial charge in [-0.2, -0.15) is 0 Å². The number of aromatic hydroxyl groups is 2. The van der Waals surface area contributed by atoms with Gasteiger partial charge in [0.15, 0.2) is 0 Å². The largest absolute Gasteiger partial charge is 0.508 e. The monoisotopic (exact) mass is 251 g/mol. The van der Waals surface area contributed by atoms with Gasteiger partial charge in [-0.3, -0.25) is 0 Å². The van der Waals surface area contributed by atoms with Gasteiger partial charge in [0, 0.05) is 11.6 Å². The van der Waals surface area contributed by atoms with Crippen LogP contribution in [-0.2, 0) is 0 Å². The Labute approximate surface area is 108 Å². The highest BCUT2D eigenvalue weighted by Crippen LogP contribution is 2.24. The quantitative estimate of drug-likeness (QED) is 0.300. The van der Waals surface area contributed by atoms with Gasteiger partial charge in [0.2, 0.25) is 0 Å². The van der Waals surface area contributed by atoms with E-state index in [1.165, 1.54) is 31.4 Å². The smallest absolute Gasteiger partial charge is 0.128 e. The van der Waals surface area contributed by atoms with Crippen LogP contribution in [0.25, 0.3) is 0 Å². The standard InChI is InChI=1S/C14H21NO3/c1-2-3-4-5-6-7-13(15-18)12-9-8-11(16)10-14(12)17/h8-10,16-18H,2-7H2,1H3. The molecular weight excluding hydrogens is 230 g/mol. The van der Waals surface area contributed by atoms with Crippen molar-refractivity contribution in [2.75, 3.05) is 0 Å². The molecule has 100 valence electrons. The first-order valence-electron chi connectivity index (χ1n) is 6.42. The summed E-state index contributed by atoms with van der Waals surface area (Å²) in [5.74, 6) is -0.0622. The third kappa shape index (κ3) is 4.28. The maximum Gasteiger partial charge on any atom is 0.128 e. The molecule has 0 atom stereocenters. The molecule has 4 heteroatoms. The van der Waals surface area contributed by atoms with Crippen molar-refractivity contribution in [2.24, 2.45) is 5.16 Å². The summed E-state index contributed by atoms with van der Waals surface area (Å²) < 4.78 is 0. The normalized spacial score (nSPS) is 11.7. The zero-order chi connectivity index (χ0) is 13.4. The topological polar surface area (TPSA) is 73.1 Å². The van der Waals surface area contributed by atoms with Crippen molar-refractivity contribution in [3.05, 3.63) is 23.8 Å². The van der Waals surface area contributed by atoms with Crippen LogP contribution in [0.15, 0.2) is 23.4 Å². The molecule has 3 N–H and O–H groups in total. The Balaban J connectivity index is 2.56. The van der Waals surface area contributed by atoms with Crippen molar-refractivity contribution in [3.63, 3.8) is 0 Å². The SMILES string of the molecule is CCCCCCCC(=NO)c1ccc(O)cc1O. The fourth-order valence-electron chi connectivity index (χ4n) is 1.90. The van der Waals surface area contributed by atoms with Gasteiger partial charge in [-0.25, -0.2) is 0 Å². The highest BCUT2D eigenvalue weighted by Gasteiger charge is 2.10. The lowest BCUT2D eigenvalue weighted by atomic mass is 10.0. The van der Waals surface area contributed by atoms with Gasteiger partial charge in [-0.05, 0) is 25.0 Å². The number of rotatable bonds is 7. The number of phenolic OH excluding ortho intramolecular Hbond substituents is 2. The Morgan fingerprint density at radius 3 is 2.44 bits per heavy atom. The molecule has 0 saturated carbocycles. The lowest BCUT2D eigenvalue weighted by Crippen LogP contribution is -2.01. The molecule has 0 bridgehead atoms. The minimum atomic E-state index is -0.0589. The van der Waals surface area contributed by atoms with E-state index in [0.717, 1.165) is 12.8 Å². The van der Waals surface area contributed by atoms with Gasteiger partial charge in [0.25, 0.3) is 0 Å². The van der Waals surface area contributed by atoms with Crippen LogP contribution in [0, 0.1) is 0 Å². The molecule has 0 aliphatic carbocycles. The van der Waals surface area contributed by atoms with E-state index in [9.17, 15) is 10.2 Å². The Hall–Kier alpha value is -1.71. The Morgan fingerprint density at radius 1 is 1.11 bits per heavy atom. The average molecular weight is 251 g/mol. The first-order valence-corrected chi connectivity index (χ1v) is 6.42. The van der Waals surface area contributed by atoms with Crippen molar-refractivity contribution in [1.82, 2.24) is 0 Å². The maximum absolute atomic E-state index is 9.68. The summed E-state index contributed by atoms with van der Waals surface area (Å²) in [6.07, 6.45) is 6.23. The van der Waals surface area contributed by atoms with Crippen LogP contribution in [0.5, 0.6) is 11.5 Å².